The van der Waals surface area contributed by atoms with Crippen LogP contribution >= 0.6 is 43.2 Å². The van der Waals surface area contributed by atoms with Gasteiger partial charge in [0.15, 0.2) is 0 Å². The molecule has 0 saturated carbocycles. The molecular formula is C8H4Br2OS. The molecule has 0 aliphatic carbocycles. The van der Waals surface area contributed by atoms with E-state index in [1.807, 2.05) is 11.4 Å². The summed E-state index contributed by atoms with van der Waals surface area (Å²) in [4.78, 5) is 0. The van der Waals surface area contributed by atoms with Gasteiger partial charge in [0.1, 0.15) is 5.75 Å². The summed E-state index contributed by atoms with van der Waals surface area (Å²) in [7, 11) is 0. The van der Waals surface area contributed by atoms with Crippen LogP contribution in [-0.4, -0.2) is 5.11 Å². The molecule has 1 aromatic heterocycles. The fourth-order valence-corrected chi connectivity index (χ4v) is 2.88. The van der Waals surface area contributed by atoms with Crippen LogP contribution in [0.4, 0.5) is 0 Å². The van der Waals surface area contributed by atoms with Crippen molar-refractivity contribution in [3.63, 3.8) is 0 Å². The largest absolute Gasteiger partial charge is 0.506 e. The number of hydrogen-bond acceptors (Lipinski definition) is 2. The Kier molecular flexibility index (Phi) is 2.14. The number of phenolic OH excluding ortho intramolecular Hbond substituents is 1. The van der Waals surface area contributed by atoms with Crippen molar-refractivity contribution in [1.82, 2.24) is 0 Å². The van der Waals surface area contributed by atoms with Gasteiger partial charge in [-0.05, 0) is 49.4 Å². The summed E-state index contributed by atoms with van der Waals surface area (Å²) < 4.78 is 2.80. The second-order valence-electron chi connectivity index (χ2n) is 2.35. The molecule has 2 rings (SSSR count). The van der Waals surface area contributed by atoms with E-state index in [-0.39, 0.29) is 0 Å². The average molecular weight is 308 g/mol. The zero-order chi connectivity index (χ0) is 8.72. The smallest absolute Gasteiger partial charge is 0.134 e. The van der Waals surface area contributed by atoms with Crippen LogP contribution in [0.1, 0.15) is 0 Å². The first-order chi connectivity index (χ1) is 5.70. The lowest BCUT2D eigenvalue weighted by molar-refractivity contribution is 0.482. The van der Waals surface area contributed by atoms with Gasteiger partial charge in [-0.1, -0.05) is 0 Å². The van der Waals surface area contributed by atoms with Crippen molar-refractivity contribution in [3.05, 3.63) is 26.5 Å². The van der Waals surface area contributed by atoms with Gasteiger partial charge in [0.05, 0.1) is 4.70 Å². The Balaban J connectivity index is 2.97. The van der Waals surface area contributed by atoms with Gasteiger partial charge in [-0.2, -0.15) is 0 Å². The molecule has 4 heteroatoms. The Morgan fingerprint density at radius 3 is 2.83 bits per heavy atom. The summed E-state index contributed by atoms with van der Waals surface area (Å²) in [6.07, 6.45) is 0. The topological polar surface area (TPSA) is 20.2 Å². The lowest BCUT2D eigenvalue weighted by Crippen LogP contribution is -1.71. The minimum Gasteiger partial charge on any atom is -0.506 e. The Morgan fingerprint density at radius 2 is 2.08 bits per heavy atom. The summed E-state index contributed by atoms with van der Waals surface area (Å²) in [5.74, 6) is 0.329. The summed E-state index contributed by atoms with van der Waals surface area (Å²) in [6, 6.07) is 3.68. The van der Waals surface area contributed by atoms with Crippen LogP contribution in [0, 0.1) is 0 Å². The van der Waals surface area contributed by atoms with E-state index in [2.05, 4.69) is 31.9 Å². The molecule has 1 nitrogen and oxygen atoms in total. The first-order valence-electron chi connectivity index (χ1n) is 3.24. The second kappa shape index (κ2) is 3.01. The highest BCUT2D eigenvalue weighted by atomic mass is 79.9. The van der Waals surface area contributed by atoms with Crippen LogP contribution in [-0.2, 0) is 0 Å². The monoisotopic (exact) mass is 306 g/mol. The molecule has 2 aromatic rings. The van der Waals surface area contributed by atoms with E-state index in [1.165, 1.54) is 11.3 Å². The molecular weight excluding hydrogens is 304 g/mol. The van der Waals surface area contributed by atoms with Gasteiger partial charge >= 0.3 is 0 Å². The molecule has 0 radical (unpaired) electrons. The second-order valence-corrected chi connectivity index (χ2v) is 4.92. The maximum Gasteiger partial charge on any atom is 0.134 e. The van der Waals surface area contributed by atoms with Gasteiger partial charge in [-0.3, -0.25) is 0 Å². The van der Waals surface area contributed by atoms with Crippen molar-refractivity contribution < 1.29 is 5.11 Å². The van der Waals surface area contributed by atoms with E-state index in [9.17, 15) is 5.11 Å². The molecule has 62 valence electrons. The minimum absolute atomic E-state index is 0.329. The van der Waals surface area contributed by atoms with Crippen molar-refractivity contribution in [2.75, 3.05) is 0 Å². The number of rotatable bonds is 0. The number of hydrogen-bond donors (Lipinski definition) is 1. The van der Waals surface area contributed by atoms with Crippen molar-refractivity contribution in [1.29, 1.82) is 0 Å². The van der Waals surface area contributed by atoms with Crippen LogP contribution in [0.15, 0.2) is 26.5 Å². The van der Waals surface area contributed by atoms with Crippen molar-refractivity contribution in [2.24, 2.45) is 0 Å². The number of thiophene rings is 1. The standard InChI is InChI=1S/C8H4Br2OS/c9-5-3-6(11)8-4(7(5)10)1-2-12-8/h1-3,11H. The Bertz CT molecular complexity index is 436. The number of phenols is 1. The molecule has 1 heterocycles. The highest BCUT2D eigenvalue weighted by molar-refractivity contribution is 9.13. The number of halogens is 2. The van der Waals surface area contributed by atoms with Gasteiger partial charge in [0.25, 0.3) is 0 Å². The van der Waals surface area contributed by atoms with Gasteiger partial charge in [-0.15, -0.1) is 11.3 Å². The number of benzene rings is 1. The molecule has 0 aliphatic rings. The van der Waals surface area contributed by atoms with E-state index >= 15 is 0 Å². The van der Waals surface area contributed by atoms with Crippen LogP contribution in [0.3, 0.4) is 0 Å². The lowest BCUT2D eigenvalue weighted by atomic mass is 10.2. The van der Waals surface area contributed by atoms with Crippen LogP contribution in [0.5, 0.6) is 5.75 Å². The molecule has 12 heavy (non-hydrogen) atoms. The molecule has 1 N–H and O–H groups in total. The van der Waals surface area contributed by atoms with Gasteiger partial charge in [0.2, 0.25) is 0 Å². The fourth-order valence-electron chi connectivity index (χ4n) is 1.06. The quantitative estimate of drug-likeness (QED) is 0.776. The molecule has 1 aromatic carbocycles. The summed E-state index contributed by atoms with van der Waals surface area (Å²) in [6.45, 7) is 0. The van der Waals surface area contributed by atoms with Crippen LogP contribution in [0.25, 0.3) is 10.1 Å². The van der Waals surface area contributed by atoms with E-state index in [1.54, 1.807) is 6.07 Å². The Hall–Kier alpha value is -0.0600. The Labute approximate surface area is 90.3 Å². The molecule has 0 fully saturated rings. The molecule has 0 saturated heterocycles. The van der Waals surface area contributed by atoms with E-state index in [0.29, 0.717) is 5.75 Å². The highest BCUT2D eigenvalue weighted by Gasteiger charge is 2.08. The van der Waals surface area contributed by atoms with Gasteiger partial charge < -0.3 is 5.11 Å². The van der Waals surface area contributed by atoms with E-state index < -0.39 is 0 Å². The third-order valence-corrected chi connectivity index (χ3v) is 4.56. The maximum atomic E-state index is 9.52. The van der Waals surface area contributed by atoms with E-state index in [4.69, 9.17) is 0 Å². The fraction of sp³-hybridized carbons (Fsp3) is 0. The summed E-state index contributed by atoms with van der Waals surface area (Å²) in [5, 5.41) is 12.5. The van der Waals surface area contributed by atoms with Crippen molar-refractivity contribution in [2.45, 2.75) is 0 Å². The number of aromatic hydroxyl groups is 1. The normalized spacial score (nSPS) is 10.8. The predicted octanol–water partition coefficient (Wildman–Crippen LogP) is 4.13. The zero-order valence-corrected chi connectivity index (χ0v) is 9.83. The van der Waals surface area contributed by atoms with Gasteiger partial charge in [0, 0.05) is 14.3 Å². The van der Waals surface area contributed by atoms with Crippen LogP contribution < -0.4 is 0 Å². The van der Waals surface area contributed by atoms with Gasteiger partial charge in [-0.25, -0.2) is 0 Å². The molecule has 0 amide bonds. The molecule has 0 spiro atoms. The first-order valence-corrected chi connectivity index (χ1v) is 5.71. The Morgan fingerprint density at radius 1 is 1.33 bits per heavy atom. The van der Waals surface area contributed by atoms with Crippen molar-refractivity contribution in [3.8, 4) is 5.75 Å². The minimum atomic E-state index is 0.329. The molecule has 0 atom stereocenters. The number of fused-ring (bicyclic) bond motifs is 1. The first kappa shape index (κ1) is 8.53. The van der Waals surface area contributed by atoms with Crippen molar-refractivity contribution >= 4 is 53.3 Å². The molecule has 0 bridgehead atoms. The third kappa shape index (κ3) is 1.18. The highest BCUT2D eigenvalue weighted by Crippen LogP contribution is 2.39. The summed E-state index contributed by atoms with van der Waals surface area (Å²) in [5.41, 5.74) is 0. The maximum absolute atomic E-state index is 9.52. The lowest BCUT2D eigenvalue weighted by Gasteiger charge is -1.99. The zero-order valence-electron chi connectivity index (χ0n) is 5.84. The van der Waals surface area contributed by atoms with Crippen LogP contribution in [0.2, 0.25) is 0 Å². The SMILES string of the molecule is Oc1cc(Br)c(Br)c2ccsc12. The predicted molar refractivity (Wildman–Crippen MR) is 58.9 cm³/mol. The van der Waals surface area contributed by atoms with E-state index in [0.717, 1.165) is 19.0 Å². The molecule has 0 aliphatic heterocycles. The summed E-state index contributed by atoms with van der Waals surface area (Å²) >= 11 is 8.33. The average Bonchev–Trinajstić information content (AvgIpc) is 2.48. The third-order valence-electron chi connectivity index (χ3n) is 1.61. The molecule has 0 unspecified atom stereocenters.